The number of aryl methyl sites for hydroxylation is 1. The molecule has 0 unspecified atom stereocenters. The van der Waals surface area contributed by atoms with Gasteiger partial charge >= 0.3 is 0 Å². The zero-order chi connectivity index (χ0) is 22.0. The van der Waals surface area contributed by atoms with Gasteiger partial charge in [0, 0.05) is 35.5 Å². The summed E-state index contributed by atoms with van der Waals surface area (Å²) in [4.78, 5) is 39.7. The lowest BCUT2D eigenvalue weighted by Gasteiger charge is -2.23. The molecule has 0 radical (unpaired) electrons. The van der Waals surface area contributed by atoms with Crippen LogP contribution in [0.1, 0.15) is 28.8 Å². The Morgan fingerprint density at radius 2 is 1.90 bits per heavy atom. The summed E-state index contributed by atoms with van der Waals surface area (Å²) in [6.45, 7) is 4.03. The van der Waals surface area contributed by atoms with Crippen molar-refractivity contribution in [3.8, 4) is 11.3 Å². The Hall–Kier alpha value is -3.94. The molecule has 0 saturated heterocycles. The number of oxime groups is 1. The smallest absolute Gasteiger partial charge is 0.273 e. The number of carbonyl (C=O) groups excluding carboxylic acids is 2. The van der Waals surface area contributed by atoms with Crippen LogP contribution in [0.25, 0.3) is 11.3 Å². The summed E-state index contributed by atoms with van der Waals surface area (Å²) in [5, 5.41) is 6.34. The van der Waals surface area contributed by atoms with E-state index in [1.54, 1.807) is 36.1 Å². The van der Waals surface area contributed by atoms with Crippen LogP contribution in [0, 0.1) is 6.92 Å². The van der Waals surface area contributed by atoms with Crippen molar-refractivity contribution in [1.82, 2.24) is 9.97 Å². The van der Waals surface area contributed by atoms with Crippen LogP contribution in [0.15, 0.2) is 53.7 Å². The summed E-state index contributed by atoms with van der Waals surface area (Å²) in [6, 6.07) is 14.6. The van der Waals surface area contributed by atoms with Gasteiger partial charge in [-0.2, -0.15) is 0 Å². The quantitative estimate of drug-likeness (QED) is 0.501. The average molecular weight is 417 g/mol. The van der Waals surface area contributed by atoms with Crippen molar-refractivity contribution in [3.05, 3.63) is 65.6 Å². The molecular formula is C23H23N5O3. The number of imidazole rings is 1. The summed E-state index contributed by atoms with van der Waals surface area (Å²) in [7, 11) is 1.38. The van der Waals surface area contributed by atoms with E-state index in [0.29, 0.717) is 24.2 Å². The molecule has 31 heavy (non-hydrogen) atoms. The van der Waals surface area contributed by atoms with Gasteiger partial charge in [-0.15, -0.1) is 0 Å². The van der Waals surface area contributed by atoms with E-state index in [-0.39, 0.29) is 17.5 Å². The largest absolute Gasteiger partial charge is 0.399 e. The minimum Gasteiger partial charge on any atom is -0.399 e. The number of amides is 2. The lowest BCUT2D eigenvalue weighted by atomic mass is 10.1. The van der Waals surface area contributed by atoms with Crippen LogP contribution < -0.4 is 10.2 Å². The number of aromatic nitrogens is 2. The first-order chi connectivity index (χ1) is 15.0. The molecule has 2 N–H and O–H groups in total. The van der Waals surface area contributed by atoms with Crippen LogP contribution in [0.5, 0.6) is 0 Å². The molecule has 1 aliphatic rings. The van der Waals surface area contributed by atoms with Crippen LogP contribution >= 0.6 is 0 Å². The molecule has 1 aliphatic heterocycles. The van der Waals surface area contributed by atoms with Gasteiger partial charge in [0.2, 0.25) is 0 Å². The summed E-state index contributed by atoms with van der Waals surface area (Å²) >= 11 is 0. The second-order valence-electron chi connectivity index (χ2n) is 7.26. The molecule has 4 rings (SSSR count). The van der Waals surface area contributed by atoms with Crippen molar-refractivity contribution in [2.45, 2.75) is 20.3 Å². The van der Waals surface area contributed by atoms with Crippen LogP contribution in [0.3, 0.4) is 0 Å². The maximum atomic E-state index is 13.4. The first-order valence-corrected chi connectivity index (χ1v) is 9.94. The third kappa shape index (κ3) is 4.05. The number of benzene rings is 2. The molecule has 0 fully saturated rings. The number of anilines is 2. The van der Waals surface area contributed by atoms with E-state index in [2.05, 4.69) is 25.3 Å². The lowest BCUT2D eigenvalue weighted by Crippen LogP contribution is -2.32. The third-order valence-electron chi connectivity index (χ3n) is 5.12. The van der Waals surface area contributed by atoms with Gasteiger partial charge in [0.25, 0.3) is 11.8 Å². The SMILES string of the molecule is CON=C(C)C(=O)Nc1ccc(C(=O)N2CCc3[nH]c(C)nc3-c3ccccc32)cc1. The molecule has 0 aliphatic carbocycles. The maximum absolute atomic E-state index is 13.4. The van der Waals surface area contributed by atoms with Crippen LogP contribution in [-0.4, -0.2) is 41.1 Å². The highest BCUT2D eigenvalue weighted by molar-refractivity contribution is 6.42. The second-order valence-corrected chi connectivity index (χ2v) is 7.26. The third-order valence-corrected chi connectivity index (χ3v) is 5.12. The Balaban J connectivity index is 1.58. The van der Waals surface area contributed by atoms with Crippen molar-refractivity contribution in [2.75, 3.05) is 23.9 Å². The number of para-hydroxylation sites is 1. The molecule has 0 bridgehead atoms. The van der Waals surface area contributed by atoms with Crippen molar-refractivity contribution in [3.63, 3.8) is 0 Å². The topological polar surface area (TPSA) is 99.7 Å². The average Bonchev–Trinajstić information content (AvgIpc) is 3.08. The minimum absolute atomic E-state index is 0.107. The highest BCUT2D eigenvalue weighted by Crippen LogP contribution is 2.35. The first kappa shape index (κ1) is 20.3. The molecule has 3 aromatic rings. The number of aromatic amines is 1. The van der Waals surface area contributed by atoms with Crippen molar-refractivity contribution < 1.29 is 14.4 Å². The highest BCUT2D eigenvalue weighted by Gasteiger charge is 2.26. The number of hydrogen-bond donors (Lipinski definition) is 2. The molecule has 2 amide bonds. The Morgan fingerprint density at radius 1 is 1.16 bits per heavy atom. The number of hydrogen-bond acceptors (Lipinski definition) is 5. The van der Waals surface area contributed by atoms with E-state index in [1.165, 1.54) is 7.11 Å². The number of rotatable bonds is 4. The van der Waals surface area contributed by atoms with Gasteiger partial charge in [0.05, 0.1) is 11.4 Å². The van der Waals surface area contributed by atoms with Crippen LogP contribution in [-0.2, 0) is 16.1 Å². The van der Waals surface area contributed by atoms with Crippen LogP contribution in [0.2, 0.25) is 0 Å². The summed E-state index contributed by atoms with van der Waals surface area (Å²) in [6.07, 6.45) is 0.683. The zero-order valence-corrected chi connectivity index (χ0v) is 17.6. The van der Waals surface area contributed by atoms with Gasteiger partial charge in [-0.3, -0.25) is 9.59 Å². The standard InChI is InChI=1S/C23H23N5O3/c1-14(27-31-3)22(29)26-17-10-8-16(9-11-17)23(30)28-13-12-19-21(25-15(2)24-19)18-6-4-5-7-20(18)28/h4-11H,12-13H2,1-3H3,(H,24,25)(H,26,29). The maximum Gasteiger partial charge on any atom is 0.273 e. The second kappa shape index (κ2) is 8.43. The molecule has 158 valence electrons. The Labute approximate surface area is 179 Å². The fourth-order valence-electron chi connectivity index (χ4n) is 3.66. The van der Waals surface area contributed by atoms with Crippen molar-refractivity contribution >= 4 is 28.9 Å². The highest BCUT2D eigenvalue weighted by atomic mass is 16.6. The Bertz CT molecular complexity index is 1160. The lowest BCUT2D eigenvalue weighted by molar-refractivity contribution is -0.110. The molecule has 8 heteroatoms. The van der Waals surface area contributed by atoms with E-state index in [4.69, 9.17) is 0 Å². The van der Waals surface area contributed by atoms with E-state index in [1.807, 2.05) is 31.2 Å². The number of carbonyl (C=O) groups is 2. The van der Waals surface area contributed by atoms with E-state index < -0.39 is 0 Å². The van der Waals surface area contributed by atoms with Gasteiger partial charge in [0.1, 0.15) is 18.6 Å². The number of nitrogens with one attached hydrogen (secondary N) is 2. The van der Waals surface area contributed by atoms with Gasteiger partial charge in [0.15, 0.2) is 0 Å². The fourth-order valence-corrected chi connectivity index (χ4v) is 3.66. The summed E-state index contributed by atoms with van der Waals surface area (Å²) in [5.41, 5.74) is 5.01. The molecule has 8 nitrogen and oxygen atoms in total. The molecule has 0 saturated carbocycles. The zero-order valence-electron chi connectivity index (χ0n) is 17.6. The normalized spacial score (nSPS) is 13.1. The van der Waals surface area contributed by atoms with Crippen molar-refractivity contribution in [2.24, 2.45) is 5.16 Å². The fraction of sp³-hybridized carbons (Fsp3) is 0.217. The van der Waals surface area contributed by atoms with Gasteiger partial charge in [-0.05, 0) is 44.2 Å². The predicted molar refractivity (Wildman–Crippen MR) is 119 cm³/mol. The molecule has 0 spiro atoms. The molecule has 2 heterocycles. The molecule has 1 aromatic heterocycles. The molecular weight excluding hydrogens is 394 g/mol. The van der Waals surface area contributed by atoms with E-state index in [0.717, 1.165) is 28.5 Å². The number of nitrogens with zero attached hydrogens (tertiary/aromatic N) is 3. The summed E-state index contributed by atoms with van der Waals surface area (Å²) in [5.74, 6) is 0.388. The van der Waals surface area contributed by atoms with Crippen molar-refractivity contribution in [1.29, 1.82) is 0 Å². The monoisotopic (exact) mass is 417 g/mol. The van der Waals surface area contributed by atoms with Gasteiger partial charge < -0.3 is 20.0 Å². The summed E-state index contributed by atoms with van der Waals surface area (Å²) < 4.78 is 0. The number of H-pyrrole nitrogens is 1. The molecule has 0 atom stereocenters. The van der Waals surface area contributed by atoms with Gasteiger partial charge in [-0.25, -0.2) is 4.98 Å². The predicted octanol–water partition coefficient (Wildman–Crippen LogP) is 3.55. The number of fused-ring (bicyclic) bond motifs is 3. The van der Waals surface area contributed by atoms with E-state index >= 15 is 0 Å². The molecule has 2 aromatic carbocycles. The van der Waals surface area contributed by atoms with E-state index in [9.17, 15) is 9.59 Å². The Morgan fingerprint density at radius 3 is 2.65 bits per heavy atom. The van der Waals surface area contributed by atoms with Gasteiger partial charge in [-0.1, -0.05) is 23.4 Å². The van der Waals surface area contributed by atoms with Crippen LogP contribution in [0.4, 0.5) is 11.4 Å². The first-order valence-electron chi connectivity index (χ1n) is 9.94. The minimum atomic E-state index is -0.369. The Kier molecular flexibility index (Phi) is 5.53.